The molecule has 2 aromatic rings. The van der Waals surface area contributed by atoms with Crippen LogP contribution in [-0.4, -0.2) is 27.6 Å². The lowest BCUT2D eigenvalue weighted by molar-refractivity contribution is -0.141. The van der Waals surface area contributed by atoms with Crippen molar-refractivity contribution in [2.75, 3.05) is 17.2 Å². The SMILES string of the molecule is Cc1cc(Br)cc(C)c1Nc1cc(C(F)(F)F)nc(NCC(=O)O)n1. The van der Waals surface area contributed by atoms with Crippen molar-refractivity contribution in [3.8, 4) is 0 Å². The Kier molecular flexibility index (Phi) is 5.51. The summed E-state index contributed by atoms with van der Waals surface area (Å²) in [4.78, 5) is 17.8. The predicted molar refractivity (Wildman–Crippen MR) is 90.1 cm³/mol. The smallest absolute Gasteiger partial charge is 0.433 e. The van der Waals surface area contributed by atoms with Gasteiger partial charge in [0.05, 0.1) is 0 Å². The zero-order chi connectivity index (χ0) is 18.8. The van der Waals surface area contributed by atoms with Crippen molar-refractivity contribution in [1.82, 2.24) is 9.97 Å². The first-order chi connectivity index (χ1) is 11.6. The maximum atomic E-state index is 13.0. The van der Waals surface area contributed by atoms with Crippen LogP contribution in [0.1, 0.15) is 16.8 Å². The van der Waals surface area contributed by atoms with E-state index in [1.165, 1.54) is 0 Å². The Bertz CT molecular complexity index is 789. The molecule has 0 spiro atoms. The van der Waals surface area contributed by atoms with Crippen molar-refractivity contribution in [2.45, 2.75) is 20.0 Å². The van der Waals surface area contributed by atoms with Crippen LogP contribution < -0.4 is 10.6 Å². The molecule has 1 aromatic carbocycles. The van der Waals surface area contributed by atoms with Crippen molar-refractivity contribution < 1.29 is 23.1 Å². The number of aryl methyl sites for hydroxylation is 2. The molecular weight excluding hydrogens is 405 g/mol. The van der Waals surface area contributed by atoms with Gasteiger partial charge < -0.3 is 15.7 Å². The van der Waals surface area contributed by atoms with Gasteiger partial charge in [-0.2, -0.15) is 18.2 Å². The summed E-state index contributed by atoms with van der Waals surface area (Å²) >= 11 is 3.35. The van der Waals surface area contributed by atoms with Gasteiger partial charge >= 0.3 is 12.1 Å². The Labute approximate surface area is 149 Å². The molecule has 3 N–H and O–H groups in total. The molecule has 134 valence electrons. The lowest BCUT2D eigenvalue weighted by Gasteiger charge is -2.15. The fraction of sp³-hybridized carbons (Fsp3) is 0.267. The number of aliphatic carboxylic acids is 1. The van der Waals surface area contributed by atoms with E-state index in [2.05, 4.69) is 36.5 Å². The van der Waals surface area contributed by atoms with Gasteiger partial charge in [0.25, 0.3) is 0 Å². The Morgan fingerprint density at radius 2 is 1.80 bits per heavy atom. The summed E-state index contributed by atoms with van der Waals surface area (Å²) in [7, 11) is 0. The predicted octanol–water partition coefficient (Wildman–Crippen LogP) is 4.11. The number of carboxylic acids is 1. The van der Waals surface area contributed by atoms with E-state index in [0.29, 0.717) is 5.69 Å². The highest BCUT2D eigenvalue weighted by atomic mass is 79.9. The van der Waals surface area contributed by atoms with Gasteiger partial charge in [-0.05, 0) is 37.1 Å². The summed E-state index contributed by atoms with van der Waals surface area (Å²) in [6.45, 7) is 3.00. The molecule has 0 aliphatic heterocycles. The highest BCUT2D eigenvalue weighted by molar-refractivity contribution is 9.10. The van der Waals surface area contributed by atoms with Gasteiger partial charge in [0.1, 0.15) is 12.4 Å². The van der Waals surface area contributed by atoms with E-state index < -0.39 is 30.3 Å². The lowest BCUT2D eigenvalue weighted by atomic mass is 10.1. The normalized spacial score (nSPS) is 11.3. The van der Waals surface area contributed by atoms with E-state index >= 15 is 0 Å². The van der Waals surface area contributed by atoms with Gasteiger partial charge in [0, 0.05) is 16.2 Å². The topological polar surface area (TPSA) is 87.1 Å². The van der Waals surface area contributed by atoms with E-state index in [1.807, 2.05) is 12.1 Å². The minimum absolute atomic E-state index is 0.0938. The van der Waals surface area contributed by atoms with Crippen molar-refractivity contribution >= 4 is 39.4 Å². The summed E-state index contributed by atoms with van der Waals surface area (Å²) in [5, 5.41) is 13.7. The number of hydrogen-bond acceptors (Lipinski definition) is 5. The first kappa shape index (κ1) is 19.0. The van der Waals surface area contributed by atoms with E-state index in [4.69, 9.17) is 5.11 Å². The number of aromatic nitrogens is 2. The Balaban J connectivity index is 2.42. The monoisotopic (exact) mass is 418 g/mol. The first-order valence-corrected chi connectivity index (χ1v) is 7.81. The van der Waals surface area contributed by atoms with Gasteiger partial charge in [-0.25, -0.2) is 4.98 Å². The van der Waals surface area contributed by atoms with Crippen molar-refractivity contribution in [2.24, 2.45) is 0 Å². The highest BCUT2D eigenvalue weighted by Gasteiger charge is 2.34. The van der Waals surface area contributed by atoms with Gasteiger partial charge in [0.15, 0.2) is 5.69 Å². The molecule has 0 unspecified atom stereocenters. The second-order valence-corrected chi connectivity index (χ2v) is 6.16. The zero-order valence-corrected chi connectivity index (χ0v) is 14.8. The average Bonchev–Trinajstić information content (AvgIpc) is 2.48. The summed E-state index contributed by atoms with van der Waals surface area (Å²) in [5.41, 5.74) is 1.04. The molecule has 1 heterocycles. The Hall–Kier alpha value is -2.36. The summed E-state index contributed by atoms with van der Waals surface area (Å²) in [5.74, 6) is -1.76. The molecule has 2 rings (SSSR count). The molecule has 0 aliphatic rings. The molecule has 0 radical (unpaired) electrons. The van der Waals surface area contributed by atoms with Crippen LogP contribution in [0.5, 0.6) is 0 Å². The standard InChI is InChI=1S/C15H14BrF3N4O2/c1-7-3-9(16)4-8(2)13(7)22-11-5-10(15(17,18)19)21-14(23-11)20-6-12(24)25/h3-5H,6H2,1-2H3,(H,24,25)(H2,20,21,22,23). The van der Waals surface area contributed by atoms with E-state index in [-0.39, 0.29) is 5.82 Å². The molecule has 0 saturated heterocycles. The Morgan fingerprint density at radius 1 is 1.20 bits per heavy atom. The summed E-state index contributed by atoms with van der Waals surface area (Å²) in [6.07, 6.45) is -4.69. The number of benzene rings is 1. The van der Waals surface area contributed by atoms with Gasteiger partial charge in [-0.15, -0.1) is 0 Å². The molecule has 0 fully saturated rings. The van der Waals surface area contributed by atoms with Crippen molar-refractivity contribution in [1.29, 1.82) is 0 Å². The van der Waals surface area contributed by atoms with Crippen LogP contribution in [0.15, 0.2) is 22.7 Å². The molecule has 6 nitrogen and oxygen atoms in total. The van der Waals surface area contributed by atoms with Crippen LogP contribution in [0.2, 0.25) is 0 Å². The molecule has 0 amide bonds. The molecule has 0 atom stereocenters. The maximum Gasteiger partial charge on any atom is 0.433 e. The molecule has 10 heteroatoms. The summed E-state index contributed by atoms with van der Waals surface area (Å²) < 4.78 is 39.9. The van der Waals surface area contributed by atoms with Crippen LogP contribution in [0, 0.1) is 13.8 Å². The summed E-state index contributed by atoms with van der Waals surface area (Å²) in [6, 6.07) is 4.39. The lowest BCUT2D eigenvalue weighted by Crippen LogP contribution is -2.17. The van der Waals surface area contributed by atoms with Crippen LogP contribution in [-0.2, 0) is 11.0 Å². The third-order valence-corrected chi connectivity index (χ3v) is 3.62. The fourth-order valence-electron chi connectivity index (χ4n) is 2.13. The quantitative estimate of drug-likeness (QED) is 0.676. The second kappa shape index (κ2) is 7.26. The number of rotatable bonds is 5. The number of anilines is 3. The van der Waals surface area contributed by atoms with Gasteiger partial charge in [-0.3, -0.25) is 4.79 Å². The van der Waals surface area contributed by atoms with E-state index in [0.717, 1.165) is 21.7 Å². The first-order valence-electron chi connectivity index (χ1n) is 7.02. The van der Waals surface area contributed by atoms with Crippen LogP contribution in [0.3, 0.4) is 0 Å². The fourth-order valence-corrected chi connectivity index (χ4v) is 2.81. The largest absolute Gasteiger partial charge is 0.480 e. The molecule has 0 bridgehead atoms. The molecule has 0 saturated carbocycles. The molecular formula is C15H14BrF3N4O2. The number of nitrogens with one attached hydrogen (secondary N) is 2. The third-order valence-electron chi connectivity index (χ3n) is 3.16. The minimum atomic E-state index is -4.69. The van der Waals surface area contributed by atoms with Crippen LogP contribution in [0.25, 0.3) is 0 Å². The van der Waals surface area contributed by atoms with E-state index in [9.17, 15) is 18.0 Å². The third kappa shape index (κ3) is 5.05. The number of halogens is 4. The van der Waals surface area contributed by atoms with Gasteiger partial charge in [-0.1, -0.05) is 15.9 Å². The Morgan fingerprint density at radius 3 is 2.32 bits per heavy atom. The number of hydrogen-bond donors (Lipinski definition) is 3. The average molecular weight is 419 g/mol. The highest BCUT2D eigenvalue weighted by Crippen LogP contribution is 2.32. The second-order valence-electron chi connectivity index (χ2n) is 5.25. The minimum Gasteiger partial charge on any atom is -0.480 e. The number of alkyl halides is 3. The van der Waals surface area contributed by atoms with Crippen molar-refractivity contribution in [3.63, 3.8) is 0 Å². The number of carbonyl (C=O) groups is 1. The van der Waals surface area contributed by atoms with Crippen LogP contribution >= 0.6 is 15.9 Å². The van der Waals surface area contributed by atoms with Gasteiger partial charge in [0.2, 0.25) is 5.95 Å². The van der Waals surface area contributed by atoms with E-state index in [1.54, 1.807) is 13.8 Å². The maximum absolute atomic E-state index is 13.0. The van der Waals surface area contributed by atoms with Crippen molar-refractivity contribution in [3.05, 3.63) is 39.5 Å². The number of nitrogens with zero attached hydrogens (tertiary/aromatic N) is 2. The molecule has 25 heavy (non-hydrogen) atoms. The zero-order valence-electron chi connectivity index (χ0n) is 13.2. The number of carboxylic acid groups (broad SMARTS) is 1. The molecule has 1 aromatic heterocycles. The van der Waals surface area contributed by atoms with Crippen LogP contribution in [0.4, 0.5) is 30.6 Å². The molecule has 0 aliphatic carbocycles.